The Kier molecular flexibility index (Phi) is 3.90. The molecule has 2 aromatic rings. The largest absolute Gasteiger partial charge is 0.384 e. The van der Waals surface area contributed by atoms with E-state index < -0.39 is 10.8 Å². The number of pyridine rings is 1. The van der Waals surface area contributed by atoms with Crippen molar-refractivity contribution in [3.63, 3.8) is 0 Å². The smallest absolute Gasteiger partial charge is 0.274 e. The number of nitro groups is 1. The van der Waals surface area contributed by atoms with E-state index >= 15 is 0 Å². The second kappa shape index (κ2) is 5.79. The van der Waals surface area contributed by atoms with E-state index in [4.69, 9.17) is 5.73 Å². The van der Waals surface area contributed by atoms with Gasteiger partial charge >= 0.3 is 0 Å². The Balaban J connectivity index is 2.09. The van der Waals surface area contributed by atoms with E-state index in [9.17, 15) is 14.9 Å². The number of rotatable bonds is 4. The fraction of sp³-hybridized carbons (Fsp3) is 0.0769. The van der Waals surface area contributed by atoms with Gasteiger partial charge in [0, 0.05) is 18.2 Å². The zero-order chi connectivity index (χ0) is 14.5. The number of carbonyl (C=O) groups excluding carboxylic acids is 1. The highest BCUT2D eigenvalue weighted by Gasteiger charge is 2.14. The highest BCUT2D eigenvalue weighted by atomic mass is 16.6. The first-order valence-electron chi connectivity index (χ1n) is 5.81. The Hall–Kier alpha value is -2.96. The van der Waals surface area contributed by atoms with E-state index in [1.807, 2.05) is 0 Å². The van der Waals surface area contributed by atoms with Crippen LogP contribution in [-0.4, -0.2) is 15.8 Å². The molecule has 7 heteroatoms. The van der Waals surface area contributed by atoms with Gasteiger partial charge in [-0.25, -0.2) is 4.98 Å². The van der Waals surface area contributed by atoms with Gasteiger partial charge in [-0.05, 0) is 12.1 Å². The van der Waals surface area contributed by atoms with Crippen molar-refractivity contribution in [1.82, 2.24) is 10.3 Å². The van der Waals surface area contributed by atoms with Crippen LogP contribution in [0.1, 0.15) is 16.1 Å². The Bertz CT molecular complexity index is 658. The van der Waals surface area contributed by atoms with Crippen molar-refractivity contribution in [2.24, 2.45) is 0 Å². The third-order valence-corrected chi connectivity index (χ3v) is 2.63. The van der Waals surface area contributed by atoms with Crippen LogP contribution in [0.2, 0.25) is 0 Å². The number of anilines is 1. The van der Waals surface area contributed by atoms with Gasteiger partial charge in [-0.1, -0.05) is 24.3 Å². The van der Waals surface area contributed by atoms with Gasteiger partial charge in [0.05, 0.1) is 4.92 Å². The fourth-order valence-electron chi connectivity index (χ4n) is 1.68. The first-order chi connectivity index (χ1) is 9.58. The van der Waals surface area contributed by atoms with Crippen molar-refractivity contribution >= 4 is 17.4 Å². The molecule has 0 spiro atoms. The molecule has 0 radical (unpaired) electrons. The van der Waals surface area contributed by atoms with Crippen molar-refractivity contribution in [2.75, 3.05) is 5.73 Å². The van der Waals surface area contributed by atoms with Crippen LogP contribution < -0.4 is 11.1 Å². The lowest BCUT2D eigenvalue weighted by atomic mass is 10.2. The predicted molar refractivity (Wildman–Crippen MR) is 72.9 cm³/mol. The predicted octanol–water partition coefficient (Wildman–Crippen LogP) is 1.50. The molecular weight excluding hydrogens is 260 g/mol. The van der Waals surface area contributed by atoms with Gasteiger partial charge in [-0.15, -0.1) is 0 Å². The Labute approximate surface area is 114 Å². The van der Waals surface area contributed by atoms with Gasteiger partial charge in [-0.2, -0.15) is 0 Å². The number of nitro benzene ring substituents is 1. The minimum absolute atomic E-state index is 0.0339. The number of hydrogen-bond donors (Lipinski definition) is 2. The number of carbonyl (C=O) groups is 1. The van der Waals surface area contributed by atoms with E-state index in [1.165, 1.54) is 12.1 Å². The lowest BCUT2D eigenvalue weighted by molar-refractivity contribution is -0.385. The quantitative estimate of drug-likeness (QED) is 0.647. The summed E-state index contributed by atoms with van der Waals surface area (Å²) in [7, 11) is 0. The molecule has 7 nitrogen and oxygen atoms in total. The number of hydrogen-bond acceptors (Lipinski definition) is 5. The molecule has 0 aliphatic rings. The molecular formula is C13H12N4O3. The number of benzene rings is 1. The topological polar surface area (TPSA) is 111 Å². The summed E-state index contributed by atoms with van der Waals surface area (Å²) in [4.78, 5) is 26.1. The van der Waals surface area contributed by atoms with E-state index in [-0.39, 0.29) is 23.7 Å². The first kappa shape index (κ1) is 13.5. The molecule has 3 N–H and O–H groups in total. The number of nitrogens with one attached hydrogen (secondary N) is 1. The fourth-order valence-corrected chi connectivity index (χ4v) is 1.68. The van der Waals surface area contributed by atoms with Crippen molar-refractivity contribution in [1.29, 1.82) is 0 Å². The van der Waals surface area contributed by atoms with Crippen LogP contribution in [0, 0.1) is 10.1 Å². The van der Waals surface area contributed by atoms with Crippen molar-refractivity contribution in [3.8, 4) is 0 Å². The first-order valence-corrected chi connectivity index (χ1v) is 5.81. The maximum Gasteiger partial charge on any atom is 0.274 e. The second-order valence-corrected chi connectivity index (χ2v) is 4.02. The third kappa shape index (κ3) is 3.08. The molecule has 0 fully saturated rings. The lowest BCUT2D eigenvalue weighted by Crippen LogP contribution is -2.24. The number of aromatic nitrogens is 1. The molecule has 0 unspecified atom stereocenters. The van der Waals surface area contributed by atoms with Crippen molar-refractivity contribution < 1.29 is 9.72 Å². The number of nitrogen functional groups attached to an aromatic ring is 1. The summed E-state index contributed by atoms with van der Waals surface area (Å²) in [5.74, 6) is -0.196. The summed E-state index contributed by atoms with van der Waals surface area (Å²) in [6.07, 6.45) is 0. The molecule has 1 aromatic heterocycles. The average Bonchev–Trinajstić information content (AvgIpc) is 2.45. The Morgan fingerprint density at radius 2 is 2.00 bits per heavy atom. The monoisotopic (exact) mass is 272 g/mol. The average molecular weight is 272 g/mol. The van der Waals surface area contributed by atoms with Crippen LogP contribution in [0.25, 0.3) is 0 Å². The van der Waals surface area contributed by atoms with Crippen LogP contribution >= 0.6 is 0 Å². The van der Waals surface area contributed by atoms with Crippen molar-refractivity contribution in [3.05, 3.63) is 63.8 Å². The maximum absolute atomic E-state index is 11.9. The molecule has 0 saturated carbocycles. The van der Waals surface area contributed by atoms with Gasteiger partial charge in [0.15, 0.2) is 0 Å². The minimum atomic E-state index is -0.486. The molecule has 0 aliphatic carbocycles. The molecule has 0 aliphatic heterocycles. The molecule has 20 heavy (non-hydrogen) atoms. The van der Waals surface area contributed by atoms with Gasteiger partial charge in [0.1, 0.15) is 11.5 Å². The van der Waals surface area contributed by atoms with Gasteiger partial charge in [0.2, 0.25) is 0 Å². The van der Waals surface area contributed by atoms with Gasteiger partial charge in [-0.3, -0.25) is 14.9 Å². The van der Waals surface area contributed by atoms with Crippen LogP contribution in [0.3, 0.4) is 0 Å². The maximum atomic E-state index is 11.9. The number of nitrogens with zero attached hydrogens (tertiary/aromatic N) is 2. The van der Waals surface area contributed by atoms with Crippen molar-refractivity contribution in [2.45, 2.75) is 6.54 Å². The van der Waals surface area contributed by atoms with Crippen LogP contribution in [0.4, 0.5) is 11.5 Å². The summed E-state index contributed by atoms with van der Waals surface area (Å²) in [6, 6.07) is 10.9. The number of nitrogens with two attached hydrogens (primary N) is 1. The summed E-state index contributed by atoms with van der Waals surface area (Å²) in [6.45, 7) is 0.0481. The number of amides is 1. The van der Waals surface area contributed by atoms with Gasteiger partial charge < -0.3 is 11.1 Å². The highest BCUT2D eigenvalue weighted by molar-refractivity contribution is 5.92. The third-order valence-electron chi connectivity index (χ3n) is 2.63. The summed E-state index contributed by atoms with van der Waals surface area (Å²) >= 11 is 0. The summed E-state index contributed by atoms with van der Waals surface area (Å²) in [5.41, 5.74) is 6.05. The molecule has 0 saturated heterocycles. The minimum Gasteiger partial charge on any atom is -0.384 e. The van der Waals surface area contributed by atoms with Crippen LogP contribution in [0.5, 0.6) is 0 Å². The highest BCUT2D eigenvalue weighted by Crippen LogP contribution is 2.17. The molecule has 102 valence electrons. The molecule has 2 rings (SSSR count). The lowest BCUT2D eigenvalue weighted by Gasteiger charge is -2.05. The zero-order valence-electron chi connectivity index (χ0n) is 10.4. The standard InChI is InChI=1S/C13H12N4O3/c14-12-7-3-5-10(16-12)13(18)15-8-9-4-1-2-6-11(9)17(19)20/h1-7H,8H2,(H2,14,16)(H,15,18). The normalized spacial score (nSPS) is 10.0. The molecule has 1 aromatic carbocycles. The Morgan fingerprint density at radius 1 is 1.25 bits per heavy atom. The van der Waals surface area contributed by atoms with Crippen LogP contribution in [0.15, 0.2) is 42.5 Å². The van der Waals surface area contributed by atoms with Gasteiger partial charge in [0.25, 0.3) is 11.6 Å². The van der Waals surface area contributed by atoms with E-state index in [0.717, 1.165) is 0 Å². The SMILES string of the molecule is Nc1cccc(C(=O)NCc2ccccc2[N+](=O)[O-])n1. The molecule has 0 bridgehead atoms. The van der Waals surface area contributed by atoms with E-state index in [0.29, 0.717) is 5.56 Å². The molecule has 0 atom stereocenters. The van der Waals surface area contributed by atoms with E-state index in [1.54, 1.807) is 30.3 Å². The molecule has 1 heterocycles. The summed E-state index contributed by atoms with van der Waals surface area (Å²) in [5, 5.41) is 13.4. The number of para-hydroxylation sites is 1. The van der Waals surface area contributed by atoms with Crippen LogP contribution in [-0.2, 0) is 6.54 Å². The Morgan fingerprint density at radius 3 is 2.70 bits per heavy atom. The second-order valence-electron chi connectivity index (χ2n) is 4.02. The van der Waals surface area contributed by atoms with E-state index in [2.05, 4.69) is 10.3 Å². The summed E-state index contributed by atoms with van der Waals surface area (Å²) < 4.78 is 0. The molecule has 1 amide bonds. The zero-order valence-corrected chi connectivity index (χ0v) is 10.4.